The van der Waals surface area contributed by atoms with Gasteiger partial charge in [0.05, 0.1) is 0 Å². The molecule has 0 spiro atoms. The Morgan fingerprint density at radius 1 is 0.632 bits per heavy atom. The molecular weight excluding hydrogens is 488 g/mol. The molecule has 0 aliphatic heterocycles. The summed E-state index contributed by atoms with van der Waals surface area (Å²) in [5.41, 5.74) is 2.39. The van der Waals surface area contributed by atoms with Crippen LogP contribution < -0.4 is 10.6 Å². The lowest BCUT2D eigenvalue weighted by molar-refractivity contribution is -0.148. The largest absolute Gasteiger partial charge is 0.460 e. The third-order valence-corrected chi connectivity index (χ3v) is 5.35. The van der Waals surface area contributed by atoms with E-state index in [2.05, 4.69) is 10.6 Å². The molecule has 0 bridgehead atoms. The summed E-state index contributed by atoms with van der Waals surface area (Å²) >= 11 is 0. The number of hydrogen-bond donors (Lipinski definition) is 2. The van der Waals surface area contributed by atoms with Gasteiger partial charge < -0.3 is 24.8 Å². The van der Waals surface area contributed by atoms with E-state index < -0.39 is 30.0 Å². The van der Waals surface area contributed by atoms with Gasteiger partial charge >= 0.3 is 18.0 Å². The Morgan fingerprint density at radius 2 is 1.11 bits per heavy atom. The molecular formula is C29H30N2O7. The Hall–Kier alpha value is -4.66. The molecule has 0 saturated carbocycles. The van der Waals surface area contributed by atoms with Crippen LogP contribution in [0.2, 0.25) is 0 Å². The second kappa shape index (κ2) is 15.5. The SMILES string of the molecule is O=C(CC[C@H](NC(=O)OCc1ccccc1)C(=O)OCc1ccccc1)NCC(=O)OCc1ccccc1. The molecule has 0 heterocycles. The van der Waals surface area contributed by atoms with Gasteiger partial charge in [-0.3, -0.25) is 9.59 Å². The molecule has 0 aliphatic rings. The number of amides is 2. The van der Waals surface area contributed by atoms with Crippen molar-refractivity contribution in [1.82, 2.24) is 10.6 Å². The van der Waals surface area contributed by atoms with Gasteiger partial charge in [0.1, 0.15) is 32.4 Å². The van der Waals surface area contributed by atoms with Crippen molar-refractivity contribution in [1.29, 1.82) is 0 Å². The summed E-state index contributed by atoms with van der Waals surface area (Å²) in [6.45, 7) is -0.193. The lowest BCUT2D eigenvalue weighted by Crippen LogP contribution is -2.43. The number of carbonyl (C=O) groups is 4. The minimum atomic E-state index is -1.13. The summed E-state index contributed by atoms with van der Waals surface area (Å²) in [5.74, 6) is -1.79. The quantitative estimate of drug-likeness (QED) is 0.262. The average Bonchev–Trinajstić information content (AvgIpc) is 2.96. The second-order valence-electron chi connectivity index (χ2n) is 8.31. The molecule has 3 aromatic carbocycles. The smallest absolute Gasteiger partial charge is 0.408 e. The van der Waals surface area contributed by atoms with Crippen LogP contribution in [0.25, 0.3) is 0 Å². The first-order chi connectivity index (χ1) is 18.5. The van der Waals surface area contributed by atoms with Crippen molar-refractivity contribution in [2.75, 3.05) is 6.54 Å². The standard InChI is InChI=1S/C29H30N2O7/c32-26(30-18-27(33)36-19-22-10-4-1-5-11-22)17-16-25(28(34)37-20-23-12-6-2-7-13-23)31-29(35)38-21-24-14-8-3-9-15-24/h1-15,25H,16-21H2,(H,30,32)(H,31,35)/t25-/m0/s1. The van der Waals surface area contributed by atoms with Crippen LogP contribution in [-0.2, 0) is 48.4 Å². The molecule has 0 aromatic heterocycles. The molecule has 0 saturated heterocycles. The Labute approximate surface area is 221 Å². The van der Waals surface area contributed by atoms with Crippen LogP contribution >= 0.6 is 0 Å². The van der Waals surface area contributed by atoms with Gasteiger partial charge in [0, 0.05) is 6.42 Å². The van der Waals surface area contributed by atoms with Crippen molar-refractivity contribution in [2.24, 2.45) is 0 Å². The van der Waals surface area contributed by atoms with Crippen molar-refractivity contribution >= 4 is 23.9 Å². The topological polar surface area (TPSA) is 120 Å². The molecule has 3 aromatic rings. The highest BCUT2D eigenvalue weighted by molar-refractivity contribution is 5.84. The average molecular weight is 519 g/mol. The van der Waals surface area contributed by atoms with Gasteiger partial charge in [-0.1, -0.05) is 91.0 Å². The Bertz CT molecular complexity index is 1170. The highest BCUT2D eigenvalue weighted by Gasteiger charge is 2.24. The van der Waals surface area contributed by atoms with Crippen LogP contribution in [0.1, 0.15) is 29.5 Å². The van der Waals surface area contributed by atoms with E-state index in [1.165, 1.54) is 0 Å². The van der Waals surface area contributed by atoms with E-state index in [0.29, 0.717) is 0 Å². The fourth-order valence-corrected chi connectivity index (χ4v) is 3.31. The van der Waals surface area contributed by atoms with Crippen LogP contribution in [0.5, 0.6) is 0 Å². The summed E-state index contributed by atoms with van der Waals surface area (Å²) in [6, 6.07) is 26.2. The van der Waals surface area contributed by atoms with E-state index in [1.807, 2.05) is 66.7 Å². The molecule has 0 unspecified atom stereocenters. The lowest BCUT2D eigenvalue weighted by Gasteiger charge is -2.17. The monoisotopic (exact) mass is 518 g/mol. The minimum Gasteiger partial charge on any atom is -0.460 e. The van der Waals surface area contributed by atoms with E-state index in [9.17, 15) is 19.2 Å². The summed E-state index contributed by atoms with van der Waals surface area (Å²) in [6.07, 6.45) is -1.02. The Kier molecular flexibility index (Phi) is 11.4. The second-order valence-corrected chi connectivity index (χ2v) is 8.31. The summed E-state index contributed by atoms with van der Waals surface area (Å²) in [5, 5.41) is 4.94. The lowest BCUT2D eigenvalue weighted by atomic mass is 10.1. The van der Waals surface area contributed by atoms with Crippen LogP contribution in [0.3, 0.4) is 0 Å². The number of esters is 2. The molecule has 2 amide bonds. The van der Waals surface area contributed by atoms with Crippen molar-refractivity contribution in [3.63, 3.8) is 0 Å². The highest BCUT2D eigenvalue weighted by Crippen LogP contribution is 2.07. The molecule has 0 radical (unpaired) electrons. The van der Waals surface area contributed by atoms with Crippen molar-refractivity contribution in [3.05, 3.63) is 108 Å². The molecule has 0 fully saturated rings. The van der Waals surface area contributed by atoms with Crippen LogP contribution in [0, 0.1) is 0 Å². The van der Waals surface area contributed by atoms with Gasteiger partial charge in [-0.15, -0.1) is 0 Å². The van der Waals surface area contributed by atoms with Gasteiger partial charge in [-0.05, 0) is 23.1 Å². The number of alkyl carbamates (subject to hydrolysis) is 1. The Morgan fingerprint density at radius 3 is 1.63 bits per heavy atom. The van der Waals surface area contributed by atoms with E-state index in [1.54, 1.807) is 24.3 Å². The maximum atomic E-state index is 12.7. The fraction of sp³-hybridized carbons (Fsp3) is 0.241. The van der Waals surface area contributed by atoms with Crippen molar-refractivity contribution in [2.45, 2.75) is 38.7 Å². The molecule has 198 valence electrons. The fourth-order valence-electron chi connectivity index (χ4n) is 3.31. The highest BCUT2D eigenvalue weighted by atomic mass is 16.6. The van der Waals surface area contributed by atoms with Crippen LogP contribution in [-0.4, -0.2) is 36.5 Å². The minimum absolute atomic E-state index is 0.0103. The van der Waals surface area contributed by atoms with Gasteiger partial charge in [0.25, 0.3) is 0 Å². The number of ether oxygens (including phenoxy) is 3. The third-order valence-electron chi connectivity index (χ3n) is 5.35. The molecule has 2 N–H and O–H groups in total. The van der Waals surface area contributed by atoms with E-state index >= 15 is 0 Å². The third kappa shape index (κ3) is 10.5. The number of nitrogens with one attached hydrogen (secondary N) is 2. The maximum absolute atomic E-state index is 12.7. The first-order valence-electron chi connectivity index (χ1n) is 12.1. The summed E-state index contributed by atoms with van der Waals surface area (Å²) in [7, 11) is 0. The van der Waals surface area contributed by atoms with Gasteiger partial charge in [-0.2, -0.15) is 0 Å². The molecule has 9 heteroatoms. The predicted molar refractivity (Wildman–Crippen MR) is 138 cm³/mol. The predicted octanol–water partition coefficient (Wildman–Crippen LogP) is 3.66. The normalized spacial score (nSPS) is 11.1. The maximum Gasteiger partial charge on any atom is 0.408 e. The van der Waals surface area contributed by atoms with Gasteiger partial charge in [-0.25, -0.2) is 9.59 Å². The zero-order valence-electron chi connectivity index (χ0n) is 20.8. The Balaban J connectivity index is 1.47. The van der Waals surface area contributed by atoms with Crippen LogP contribution in [0.15, 0.2) is 91.0 Å². The zero-order valence-corrected chi connectivity index (χ0v) is 20.8. The first kappa shape index (κ1) is 27.9. The number of carbonyl (C=O) groups excluding carboxylic acids is 4. The van der Waals surface area contributed by atoms with E-state index in [-0.39, 0.29) is 39.2 Å². The molecule has 1 atom stereocenters. The number of benzene rings is 3. The van der Waals surface area contributed by atoms with Crippen molar-refractivity contribution in [3.8, 4) is 0 Å². The summed E-state index contributed by atoms with van der Waals surface area (Å²) < 4.78 is 15.7. The molecule has 0 aliphatic carbocycles. The number of rotatable bonds is 13. The molecule has 9 nitrogen and oxygen atoms in total. The number of hydrogen-bond acceptors (Lipinski definition) is 7. The zero-order chi connectivity index (χ0) is 27.0. The summed E-state index contributed by atoms with van der Waals surface area (Å²) in [4.78, 5) is 49.3. The van der Waals surface area contributed by atoms with E-state index in [4.69, 9.17) is 14.2 Å². The van der Waals surface area contributed by atoms with E-state index in [0.717, 1.165) is 16.7 Å². The van der Waals surface area contributed by atoms with Gasteiger partial charge in [0.2, 0.25) is 5.91 Å². The van der Waals surface area contributed by atoms with Gasteiger partial charge in [0.15, 0.2) is 0 Å². The molecule has 38 heavy (non-hydrogen) atoms. The molecule has 3 rings (SSSR count). The first-order valence-corrected chi connectivity index (χ1v) is 12.1. The van der Waals surface area contributed by atoms with Crippen molar-refractivity contribution < 1.29 is 33.4 Å². The van der Waals surface area contributed by atoms with Crippen LogP contribution in [0.4, 0.5) is 4.79 Å².